The number of pyridine rings is 1. The van der Waals surface area contributed by atoms with Crippen LogP contribution in [0.15, 0.2) is 58.4 Å². The van der Waals surface area contributed by atoms with Crippen molar-refractivity contribution in [3.63, 3.8) is 0 Å². The Bertz CT molecular complexity index is 1440. The van der Waals surface area contributed by atoms with Crippen LogP contribution in [0.5, 0.6) is 0 Å². The van der Waals surface area contributed by atoms with Crippen molar-refractivity contribution in [3.05, 3.63) is 80.7 Å². The highest BCUT2D eigenvalue weighted by Gasteiger charge is 2.19. The van der Waals surface area contributed by atoms with E-state index < -0.39 is 0 Å². The van der Waals surface area contributed by atoms with Gasteiger partial charge in [0.2, 0.25) is 0 Å². The first kappa shape index (κ1) is 22.2. The highest BCUT2D eigenvalue weighted by Crippen LogP contribution is 2.28. The normalized spacial score (nSPS) is 14.1. The summed E-state index contributed by atoms with van der Waals surface area (Å²) < 4.78 is 0. The molecule has 0 radical (unpaired) electrons. The number of hydrogen-bond donors (Lipinski definition) is 5. The van der Waals surface area contributed by atoms with E-state index in [0.29, 0.717) is 28.5 Å². The van der Waals surface area contributed by atoms with E-state index in [-0.39, 0.29) is 18.2 Å². The van der Waals surface area contributed by atoms with E-state index >= 15 is 0 Å². The SMILES string of the molecule is Cc1cc(C2=NCCN2)cc2[nH]c(-c3c(NC(CO)Cc4ccccc4Cl)cc[nH]c3=O)nc12. The topological polar surface area (TPSA) is 118 Å². The van der Waals surface area contributed by atoms with Gasteiger partial charge in [0.05, 0.1) is 35.9 Å². The number of hydrogen-bond acceptors (Lipinski definition) is 6. The number of rotatable bonds is 7. The average Bonchev–Trinajstić information content (AvgIpc) is 3.50. The largest absolute Gasteiger partial charge is 0.394 e. The van der Waals surface area contributed by atoms with Gasteiger partial charge in [-0.3, -0.25) is 9.79 Å². The molecule has 9 heteroatoms. The molecule has 0 saturated carbocycles. The molecule has 1 aliphatic heterocycles. The van der Waals surface area contributed by atoms with Crippen LogP contribution < -0.4 is 16.2 Å². The van der Waals surface area contributed by atoms with E-state index in [2.05, 4.69) is 25.6 Å². The summed E-state index contributed by atoms with van der Waals surface area (Å²) in [5.41, 5.74) is 5.18. The van der Waals surface area contributed by atoms with E-state index in [9.17, 15) is 9.90 Å². The molecule has 0 amide bonds. The average molecular weight is 477 g/mol. The molecule has 0 aliphatic carbocycles. The minimum Gasteiger partial charge on any atom is -0.394 e. The number of aromatic nitrogens is 3. The molecule has 8 nitrogen and oxygen atoms in total. The van der Waals surface area contributed by atoms with Gasteiger partial charge in [0.25, 0.3) is 5.56 Å². The van der Waals surface area contributed by atoms with Crippen molar-refractivity contribution in [2.45, 2.75) is 19.4 Å². The molecule has 1 aliphatic rings. The number of amidine groups is 1. The van der Waals surface area contributed by atoms with Gasteiger partial charge in [-0.1, -0.05) is 29.8 Å². The number of fused-ring (bicyclic) bond motifs is 1. The van der Waals surface area contributed by atoms with Gasteiger partial charge in [-0.2, -0.15) is 0 Å². The molecule has 2 aromatic carbocycles. The lowest BCUT2D eigenvalue weighted by Crippen LogP contribution is -2.28. The summed E-state index contributed by atoms with van der Waals surface area (Å²) in [4.78, 5) is 28.2. The predicted octanol–water partition coefficient (Wildman–Crippen LogP) is 3.25. The number of nitrogens with one attached hydrogen (secondary N) is 4. The quantitative estimate of drug-likeness (QED) is 0.280. The number of aliphatic hydroxyl groups is 1. The Hall–Kier alpha value is -3.62. The standard InChI is InChI=1S/C25H25ClN6O2/c1-14-10-16(23-27-8-9-28-23)12-20-22(14)32-24(31-20)21-19(6-7-29-25(21)34)30-17(13-33)11-15-4-2-3-5-18(15)26/h2-7,10,12,17,33H,8-9,11,13H2,1H3,(H,27,28)(H,31,32)(H2,29,30,34). The highest BCUT2D eigenvalue weighted by atomic mass is 35.5. The molecular weight excluding hydrogens is 452 g/mol. The second-order valence-corrected chi connectivity index (χ2v) is 8.75. The fourth-order valence-corrected chi connectivity index (χ4v) is 4.49. The number of halogens is 1. The zero-order valence-corrected chi connectivity index (χ0v) is 19.4. The number of aliphatic hydroxyl groups excluding tert-OH is 1. The van der Waals surface area contributed by atoms with Crippen LogP contribution in [0, 0.1) is 6.92 Å². The van der Waals surface area contributed by atoms with Crippen LogP contribution in [0.2, 0.25) is 5.02 Å². The van der Waals surface area contributed by atoms with Gasteiger partial charge in [-0.25, -0.2) is 4.98 Å². The number of aliphatic imine (C=N–C) groups is 1. The maximum absolute atomic E-state index is 12.9. The summed E-state index contributed by atoms with van der Waals surface area (Å²) in [7, 11) is 0. The summed E-state index contributed by atoms with van der Waals surface area (Å²) in [5.74, 6) is 1.32. The Kier molecular flexibility index (Phi) is 6.08. The van der Waals surface area contributed by atoms with Gasteiger partial charge < -0.3 is 25.7 Å². The smallest absolute Gasteiger partial charge is 0.261 e. The van der Waals surface area contributed by atoms with E-state index in [1.54, 1.807) is 12.3 Å². The maximum Gasteiger partial charge on any atom is 0.261 e. The lowest BCUT2D eigenvalue weighted by molar-refractivity contribution is 0.274. The molecule has 5 rings (SSSR count). The van der Waals surface area contributed by atoms with Crippen molar-refractivity contribution in [3.8, 4) is 11.4 Å². The number of anilines is 1. The number of imidazole rings is 1. The van der Waals surface area contributed by atoms with Gasteiger partial charge >= 0.3 is 0 Å². The van der Waals surface area contributed by atoms with Crippen LogP contribution in [0.3, 0.4) is 0 Å². The molecule has 3 heterocycles. The molecule has 5 N–H and O–H groups in total. The van der Waals surface area contributed by atoms with E-state index in [0.717, 1.165) is 46.6 Å². The minimum absolute atomic E-state index is 0.130. The second kappa shape index (κ2) is 9.32. The van der Waals surface area contributed by atoms with Crippen molar-refractivity contribution < 1.29 is 5.11 Å². The van der Waals surface area contributed by atoms with Crippen molar-refractivity contribution >= 4 is 34.2 Å². The second-order valence-electron chi connectivity index (χ2n) is 8.35. The highest BCUT2D eigenvalue weighted by molar-refractivity contribution is 6.31. The number of benzene rings is 2. The number of nitrogens with zero attached hydrogens (tertiary/aromatic N) is 2. The molecular formula is C25H25ClN6O2. The molecule has 1 atom stereocenters. The Morgan fingerprint density at radius 1 is 1.24 bits per heavy atom. The fraction of sp³-hybridized carbons (Fsp3) is 0.240. The number of aryl methyl sites for hydroxylation is 1. The number of aromatic amines is 2. The Balaban J connectivity index is 1.51. The zero-order valence-electron chi connectivity index (χ0n) is 18.7. The van der Waals surface area contributed by atoms with Crippen molar-refractivity contribution in [1.82, 2.24) is 20.3 Å². The van der Waals surface area contributed by atoms with Gasteiger partial charge in [0.15, 0.2) is 0 Å². The monoisotopic (exact) mass is 476 g/mol. The third-order valence-corrected chi connectivity index (χ3v) is 6.30. The van der Waals surface area contributed by atoms with Gasteiger partial charge in [0.1, 0.15) is 17.2 Å². The van der Waals surface area contributed by atoms with E-state index in [1.807, 2.05) is 43.3 Å². The van der Waals surface area contributed by atoms with Gasteiger partial charge in [-0.05, 0) is 48.7 Å². The lowest BCUT2D eigenvalue weighted by atomic mass is 10.1. The van der Waals surface area contributed by atoms with Gasteiger partial charge in [-0.15, -0.1) is 0 Å². The molecule has 0 saturated heterocycles. The molecule has 1 unspecified atom stereocenters. The van der Waals surface area contributed by atoms with Crippen molar-refractivity contribution in [2.75, 3.05) is 25.0 Å². The Morgan fingerprint density at radius 2 is 2.09 bits per heavy atom. The van der Waals surface area contributed by atoms with Crippen molar-refractivity contribution in [2.24, 2.45) is 4.99 Å². The minimum atomic E-state index is -0.343. The Labute approximate surface area is 201 Å². The van der Waals surface area contributed by atoms with E-state index in [4.69, 9.17) is 16.6 Å². The molecule has 34 heavy (non-hydrogen) atoms. The number of H-pyrrole nitrogens is 2. The fourth-order valence-electron chi connectivity index (χ4n) is 4.28. The van der Waals surface area contributed by atoms with Crippen LogP contribution in [0.25, 0.3) is 22.4 Å². The summed E-state index contributed by atoms with van der Waals surface area (Å²) in [6.45, 7) is 3.45. The molecule has 0 spiro atoms. The van der Waals surface area contributed by atoms with Crippen LogP contribution >= 0.6 is 11.6 Å². The van der Waals surface area contributed by atoms with E-state index in [1.165, 1.54) is 0 Å². The summed E-state index contributed by atoms with van der Waals surface area (Å²) in [5, 5.41) is 17.3. The molecule has 174 valence electrons. The molecule has 0 fully saturated rings. The van der Waals surface area contributed by atoms with Crippen LogP contribution in [0.1, 0.15) is 16.7 Å². The maximum atomic E-state index is 12.9. The molecule has 2 aromatic heterocycles. The predicted molar refractivity (Wildman–Crippen MR) is 136 cm³/mol. The summed E-state index contributed by atoms with van der Waals surface area (Å²) in [6.07, 6.45) is 2.08. The van der Waals surface area contributed by atoms with Crippen LogP contribution in [-0.2, 0) is 6.42 Å². The summed E-state index contributed by atoms with van der Waals surface area (Å²) >= 11 is 6.31. The first-order valence-electron chi connectivity index (χ1n) is 11.2. The van der Waals surface area contributed by atoms with Gasteiger partial charge in [0, 0.05) is 23.3 Å². The van der Waals surface area contributed by atoms with Crippen molar-refractivity contribution in [1.29, 1.82) is 0 Å². The zero-order chi connectivity index (χ0) is 23.7. The lowest BCUT2D eigenvalue weighted by Gasteiger charge is -2.19. The third-order valence-electron chi connectivity index (χ3n) is 5.93. The van der Waals surface area contributed by atoms with Crippen LogP contribution in [-0.4, -0.2) is 51.6 Å². The van der Waals surface area contributed by atoms with Crippen LogP contribution in [0.4, 0.5) is 5.69 Å². The third kappa shape index (κ3) is 4.30. The first-order chi connectivity index (χ1) is 16.5. The molecule has 4 aromatic rings. The summed E-state index contributed by atoms with van der Waals surface area (Å²) in [6, 6.07) is 13.0. The first-order valence-corrected chi connectivity index (χ1v) is 11.5. The molecule has 0 bridgehead atoms. The Morgan fingerprint density at radius 3 is 2.85 bits per heavy atom.